The van der Waals surface area contributed by atoms with Crippen molar-refractivity contribution in [2.24, 2.45) is 5.92 Å². The summed E-state index contributed by atoms with van der Waals surface area (Å²) < 4.78 is 20.0. The number of ether oxygens (including phenoxy) is 1. The second kappa shape index (κ2) is 8.31. The maximum absolute atomic E-state index is 14.5. The summed E-state index contributed by atoms with van der Waals surface area (Å²) in [5.41, 5.74) is -0.390. The Hall–Kier alpha value is -2.12. The summed E-state index contributed by atoms with van der Waals surface area (Å²) in [6.07, 6.45) is 0.966. The van der Waals surface area contributed by atoms with E-state index in [0.717, 1.165) is 10.6 Å². The number of carbonyl (C=O) groups excluding carboxylic acids is 1. The van der Waals surface area contributed by atoms with E-state index in [2.05, 4.69) is 6.58 Å². The fourth-order valence-electron chi connectivity index (χ4n) is 3.25. The van der Waals surface area contributed by atoms with Gasteiger partial charge in [-0.3, -0.25) is 4.79 Å². The van der Waals surface area contributed by atoms with E-state index in [1.54, 1.807) is 6.08 Å². The molecule has 0 aliphatic heterocycles. The summed E-state index contributed by atoms with van der Waals surface area (Å²) in [4.78, 5) is 11.6. The monoisotopic (exact) mass is 356 g/mol. The maximum atomic E-state index is 14.5. The van der Waals surface area contributed by atoms with Crippen LogP contribution in [0.3, 0.4) is 0 Å². The van der Waals surface area contributed by atoms with Crippen molar-refractivity contribution < 1.29 is 14.1 Å². The molecule has 3 nitrogen and oxygen atoms in total. The maximum Gasteiger partial charge on any atom is 0.303 e. The summed E-state index contributed by atoms with van der Waals surface area (Å²) in [6.45, 7) is 9.19. The van der Waals surface area contributed by atoms with Crippen LogP contribution < -0.4 is 10.6 Å². The first-order chi connectivity index (χ1) is 11.9. The molecule has 0 N–H and O–H groups in total. The Balaban J connectivity index is 2.70. The molecule has 0 heterocycles. The fourth-order valence-corrected chi connectivity index (χ4v) is 6.90. The Morgan fingerprint density at radius 3 is 1.76 bits per heavy atom. The fraction of sp³-hybridized carbons (Fsp3) is 0.286. The summed E-state index contributed by atoms with van der Waals surface area (Å²) in [7, 11) is -3.07. The van der Waals surface area contributed by atoms with E-state index in [4.69, 9.17) is 4.74 Å². The number of hydrogen-bond donors (Lipinski definition) is 0. The predicted octanol–water partition coefficient (Wildman–Crippen LogP) is 4.14. The summed E-state index contributed by atoms with van der Waals surface area (Å²) >= 11 is 0. The van der Waals surface area contributed by atoms with E-state index in [0.29, 0.717) is 0 Å². The molecule has 0 fully saturated rings. The lowest BCUT2D eigenvalue weighted by atomic mass is 10.1. The van der Waals surface area contributed by atoms with Crippen LogP contribution in [0.2, 0.25) is 0 Å². The average molecular weight is 356 g/mol. The summed E-state index contributed by atoms with van der Waals surface area (Å²) in [5, 5.41) is 1.53. The lowest BCUT2D eigenvalue weighted by molar-refractivity contribution is -0.144. The molecule has 0 saturated heterocycles. The van der Waals surface area contributed by atoms with E-state index < -0.39 is 24.9 Å². The Morgan fingerprint density at radius 1 is 1.00 bits per heavy atom. The van der Waals surface area contributed by atoms with Crippen LogP contribution in [0.5, 0.6) is 0 Å². The van der Waals surface area contributed by atoms with Crippen LogP contribution in [0.15, 0.2) is 73.3 Å². The lowest BCUT2D eigenvalue weighted by Gasteiger charge is -2.35. The highest BCUT2D eigenvalue weighted by atomic mass is 31.2. The molecule has 132 valence electrons. The minimum absolute atomic E-state index is 0.0218. The van der Waals surface area contributed by atoms with Crippen LogP contribution >= 0.6 is 7.14 Å². The topological polar surface area (TPSA) is 43.4 Å². The Bertz CT molecular complexity index is 710. The third-order valence-electron chi connectivity index (χ3n) is 4.25. The predicted molar refractivity (Wildman–Crippen MR) is 104 cm³/mol. The van der Waals surface area contributed by atoms with Crippen LogP contribution in [-0.2, 0) is 14.1 Å². The van der Waals surface area contributed by atoms with Crippen LogP contribution in [0.4, 0.5) is 0 Å². The van der Waals surface area contributed by atoms with Crippen molar-refractivity contribution in [1.82, 2.24) is 0 Å². The Morgan fingerprint density at radius 2 is 1.44 bits per heavy atom. The standard InChI is InChI=1S/C21H25O3P/c1-5-20(24-17(4)22)21(16(2)3)25(23,18-12-8-6-9-13-18)19-14-10-7-11-15-19/h5-16,20-21H,1H2,2-4H3. The van der Waals surface area contributed by atoms with Crippen molar-refractivity contribution in [2.45, 2.75) is 32.5 Å². The molecule has 0 bridgehead atoms. The molecule has 2 rings (SSSR count). The van der Waals surface area contributed by atoms with Gasteiger partial charge in [-0.1, -0.05) is 87.2 Å². The zero-order chi connectivity index (χ0) is 18.4. The van der Waals surface area contributed by atoms with Crippen molar-refractivity contribution in [1.29, 1.82) is 0 Å². The highest BCUT2D eigenvalue weighted by Gasteiger charge is 2.43. The van der Waals surface area contributed by atoms with Crippen LogP contribution in [0, 0.1) is 5.92 Å². The Kier molecular flexibility index (Phi) is 6.39. The third kappa shape index (κ3) is 4.11. The van der Waals surface area contributed by atoms with Gasteiger partial charge in [0.05, 0.1) is 5.66 Å². The smallest absolute Gasteiger partial charge is 0.303 e. The number of rotatable bonds is 7. The zero-order valence-corrected chi connectivity index (χ0v) is 15.9. The van der Waals surface area contributed by atoms with Gasteiger partial charge in [-0.15, -0.1) is 0 Å². The van der Waals surface area contributed by atoms with Gasteiger partial charge in [-0.2, -0.15) is 0 Å². The molecule has 0 saturated carbocycles. The first kappa shape index (κ1) is 19.2. The van der Waals surface area contributed by atoms with Gasteiger partial charge in [-0.05, 0) is 5.92 Å². The molecular formula is C21H25O3P. The van der Waals surface area contributed by atoms with Gasteiger partial charge in [-0.25, -0.2) is 0 Å². The first-order valence-corrected chi connectivity index (χ1v) is 10.2. The minimum Gasteiger partial charge on any atom is -0.457 e. The van der Waals surface area contributed by atoms with E-state index in [1.165, 1.54) is 6.92 Å². The SMILES string of the molecule is C=CC(OC(C)=O)C(C(C)C)P(=O)(c1ccccc1)c1ccccc1. The van der Waals surface area contributed by atoms with Gasteiger partial charge in [0, 0.05) is 17.5 Å². The molecule has 0 radical (unpaired) electrons. The van der Waals surface area contributed by atoms with E-state index in [9.17, 15) is 9.36 Å². The number of hydrogen-bond acceptors (Lipinski definition) is 3. The largest absolute Gasteiger partial charge is 0.457 e. The van der Waals surface area contributed by atoms with Crippen molar-refractivity contribution in [3.8, 4) is 0 Å². The van der Waals surface area contributed by atoms with Gasteiger partial charge in [0.1, 0.15) is 13.2 Å². The van der Waals surface area contributed by atoms with Crippen LogP contribution in [0.1, 0.15) is 20.8 Å². The molecule has 0 aromatic heterocycles. The normalized spacial score (nSPS) is 13.9. The molecule has 2 aromatic carbocycles. The molecule has 2 unspecified atom stereocenters. The second-order valence-corrected chi connectivity index (χ2v) is 9.32. The molecule has 0 amide bonds. The molecule has 0 aliphatic rings. The van der Waals surface area contributed by atoms with Gasteiger partial charge >= 0.3 is 5.97 Å². The summed E-state index contributed by atoms with van der Waals surface area (Å²) in [6, 6.07) is 18.9. The molecule has 2 atom stereocenters. The molecule has 2 aromatic rings. The molecule has 4 heteroatoms. The number of benzene rings is 2. The molecule has 25 heavy (non-hydrogen) atoms. The zero-order valence-electron chi connectivity index (χ0n) is 15.0. The molecule has 0 spiro atoms. The van der Waals surface area contributed by atoms with Gasteiger partial charge in [0.15, 0.2) is 0 Å². The Labute approximate surface area is 150 Å². The second-order valence-electron chi connectivity index (χ2n) is 6.37. The molecule has 0 aliphatic carbocycles. The van der Waals surface area contributed by atoms with Gasteiger partial charge in [0.2, 0.25) is 0 Å². The van der Waals surface area contributed by atoms with Crippen LogP contribution in [-0.4, -0.2) is 17.7 Å². The highest BCUT2D eigenvalue weighted by molar-refractivity contribution is 7.79. The number of esters is 1. The van der Waals surface area contributed by atoms with E-state index in [-0.39, 0.29) is 5.92 Å². The van der Waals surface area contributed by atoms with Crippen LogP contribution in [0.25, 0.3) is 0 Å². The highest BCUT2D eigenvalue weighted by Crippen LogP contribution is 2.53. The van der Waals surface area contributed by atoms with Crippen molar-refractivity contribution in [3.63, 3.8) is 0 Å². The minimum atomic E-state index is -3.07. The van der Waals surface area contributed by atoms with Gasteiger partial charge in [0.25, 0.3) is 0 Å². The number of carbonyl (C=O) groups is 1. The van der Waals surface area contributed by atoms with Crippen molar-refractivity contribution >= 4 is 23.7 Å². The summed E-state index contributed by atoms with van der Waals surface area (Å²) in [5.74, 6) is -0.378. The lowest BCUT2D eigenvalue weighted by Crippen LogP contribution is -2.39. The first-order valence-electron chi connectivity index (χ1n) is 8.42. The van der Waals surface area contributed by atoms with E-state index >= 15 is 0 Å². The van der Waals surface area contributed by atoms with E-state index in [1.807, 2.05) is 74.5 Å². The molecular weight excluding hydrogens is 331 g/mol. The quantitative estimate of drug-likeness (QED) is 0.425. The average Bonchev–Trinajstić information content (AvgIpc) is 2.61. The van der Waals surface area contributed by atoms with Crippen molar-refractivity contribution in [3.05, 3.63) is 73.3 Å². The van der Waals surface area contributed by atoms with Gasteiger partial charge < -0.3 is 9.30 Å². The third-order valence-corrected chi connectivity index (χ3v) is 8.11. The van der Waals surface area contributed by atoms with Crippen molar-refractivity contribution in [2.75, 3.05) is 0 Å².